The van der Waals surface area contributed by atoms with E-state index in [1.807, 2.05) is 58.3 Å². The molecule has 116 valence electrons. The highest BCUT2D eigenvalue weighted by atomic mass is 16.2. The van der Waals surface area contributed by atoms with Gasteiger partial charge in [0.05, 0.1) is 0 Å². The van der Waals surface area contributed by atoms with Gasteiger partial charge in [-0.25, -0.2) is 0 Å². The van der Waals surface area contributed by atoms with E-state index < -0.39 is 0 Å². The summed E-state index contributed by atoms with van der Waals surface area (Å²) in [6.45, 7) is 1.69. The van der Waals surface area contributed by atoms with Gasteiger partial charge in [0.15, 0.2) is 0 Å². The highest BCUT2D eigenvalue weighted by Crippen LogP contribution is 2.17. The molecule has 1 aromatic carbocycles. The van der Waals surface area contributed by atoms with Gasteiger partial charge in [0, 0.05) is 42.8 Å². The van der Waals surface area contributed by atoms with Gasteiger partial charge < -0.3 is 14.4 Å². The molecule has 1 aromatic heterocycles. The van der Waals surface area contributed by atoms with E-state index in [0.29, 0.717) is 6.04 Å². The molecule has 1 atom stereocenters. The van der Waals surface area contributed by atoms with Gasteiger partial charge >= 0.3 is 0 Å². The van der Waals surface area contributed by atoms with Crippen molar-refractivity contribution < 1.29 is 4.79 Å². The van der Waals surface area contributed by atoms with Crippen molar-refractivity contribution in [2.24, 2.45) is 0 Å². The van der Waals surface area contributed by atoms with Gasteiger partial charge in [0.2, 0.25) is 0 Å². The first-order valence-corrected chi connectivity index (χ1v) is 7.84. The minimum Gasteiger partial charge on any atom is -0.337 e. The summed E-state index contributed by atoms with van der Waals surface area (Å²) in [5, 5.41) is 0. The van der Waals surface area contributed by atoms with E-state index in [0.717, 1.165) is 30.8 Å². The number of rotatable bonds is 3. The molecule has 1 amide bonds. The zero-order valence-electron chi connectivity index (χ0n) is 13.3. The number of likely N-dealkylation sites (tertiary alicyclic amines) is 1. The predicted octanol–water partition coefficient (Wildman–Crippen LogP) is 2.64. The Balaban J connectivity index is 1.72. The maximum atomic E-state index is 12.7. The molecule has 0 N–H and O–H groups in total. The fourth-order valence-electron chi connectivity index (χ4n) is 3.03. The molecule has 0 unspecified atom stereocenters. The van der Waals surface area contributed by atoms with Crippen LogP contribution in [0.4, 0.5) is 0 Å². The molecule has 0 aliphatic carbocycles. The zero-order valence-corrected chi connectivity index (χ0v) is 13.3. The first-order valence-electron chi connectivity index (χ1n) is 7.84. The van der Waals surface area contributed by atoms with Crippen LogP contribution in [0.3, 0.4) is 0 Å². The fraction of sp³-hybridized carbons (Fsp3) is 0.389. The molecule has 1 fully saturated rings. The summed E-state index contributed by atoms with van der Waals surface area (Å²) in [6, 6.07) is 12.3. The number of hydrogen-bond acceptors (Lipinski definition) is 2. The Hall–Kier alpha value is -2.07. The third-order valence-corrected chi connectivity index (χ3v) is 4.43. The third-order valence-electron chi connectivity index (χ3n) is 4.43. The van der Waals surface area contributed by atoms with Gasteiger partial charge in [-0.1, -0.05) is 0 Å². The van der Waals surface area contributed by atoms with E-state index in [1.54, 1.807) is 0 Å². The lowest BCUT2D eigenvalue weighted by Crippen LogP contribution is -2.47. The smallest absolute Gasteiger partial charge is 0.253 e. The molecule has 2 heterocycles. The minimum atomic E-state index is 0.144. The lowest BCUT2D eigenvalue weighted by molar-refractivity contribution is 0.0635. The summed E-state index contributed by atoms with van der Waals surface area (Å²) in [6.07, 6.45) is 6.26. The number of benzene rings is 1. The molecule has 1 saturated heterocycles. The van der Waals surface area contributed by atoms with E-state index in [9.17, 15) is 4.79 Å². The number of nitrogens with zero attached hydrogens (tertiary/aromatic N) is 3. The molecule has 4 heteroatoms. The summed E-state index contributed by atoms with van der Waals surface area (Å²) in [5.74, 6) is 0.144. The van der Waals surface area contributed by atoms with Crippen molar-refractivity contribution >= 4 is 5.91 Å². The number of amides is 1. The van der Waals surface area contributed by atoms with Crippen molar-refractivity contribution in [1.82, 2.24) is 14.4 Å². The Morgan fingerprint density at radius 3 is 2.45 bits per heavy atom. The maximum Gasteiger partial charge on any atom is 0.253 e. The van der Waals surface area contributed by atoms with Crippen LogP contribution in [0.25, 0.3) is 5.69 Å². The van der Waals surface area contributed by atoms with Crippen molar-refractivity contribution in [2.45, 2.75) is 18.9 Å². The van der Waals surface area contributed by atoms with Gasteiger partial charge in [0.25, 0.3) is 5.91 Å². The van der Waals surface area contributed by atoms with Crippen molar-refractivity contribution in [3.63, 3.8) is 0 Å². The third kappa shape index (κ3) is 3.07. The summed E-state index contributed by atoms with van der Waals surface area (Å²) >= 11 is 0. The van der Waals surface area contributed by atoms with Gasteiger partial charge in [0.1, 0.15) is 0 Å². The number of likely N-dealkylation sites (N-methyl/N-ethyl adjacent to an activating group) is 1. The zero-order chi connectivity index (χ0) is 15.5. The van der Waals surface area contributed by atoms with Crippen molar-refractivity contribution in [3.8, 4) is 5.69 Å². The molecule has 3 rings (SSSR count). The van der Waals surface area contributed by atoms with Crippen molar-refractivity contribution in [3.05, 3.63) is 54.4 Å². The molecule has 1 aliphatic rings. The molecule has 0 saturated carbocycles. The Bertz CT molecular complexity index is 616. The standard InChI is InChI=1S/C18H23N3O/c1-19(2)17-6-5-13-21(14-17)18(22)15-7-9-16(10-8-15)20-11-3-4-12-20/h3-4,7-12,17H,5-6,13-14H2,1-2H3/t17-/m1/s1. The van der Waals surface area contributed by atoms with E-state index in [2.05, 4.69) is 19.0 Å². The van der Waals surface area contributed by atoms with Gasteiger partial charge in [-0.2, -0.15) is 0 Å². The number of hydrogen-bond donors (Lipinski definition) is 0. The van der Waals surface area contributed by atoms with Crippen LogP contribution < -0.4 is 0 Å². The van der Waals surface area contributed by atoms with Crippen molar-refractivity contribution in [1.29, 1.82) is 0 Å². The normalized spacial score (nSPS) is 18.7. The first-order chi connectivity index (χ1) is 10.6. The number of piperidine rings is 1. The molecular formula is C18H23N3O. The van der Waals surface area contributed by atoms with Crippen LogP contribution in [-0.4, -0.2) is 53.5 Å². The quantitative estimate of drug-likeness (QED) is 0.871. The molecule has 0 spiro atoms. The Kier molecular flexibility index (Phi) is 4.29. The first kappa shape index (κ1) is 14.9. The second-order valence-corrected chi connectivity index (χ2v) is 6.15. The van der Waals surface area contributed by atoms with E-state index >= 15 is 0 Å². The summed E-state index contributed by atoms with van der Waals surface area (Å²) < 4.78 is 2.04. The van der Waals surface area contributed by atoms with Gasteiger partial charge in [-0.3, -0.25) is 4.79 Å². The van der Waals surface area contributed by atoms with Gasteiger partial charge in [-0.15, -0.1) is 0 Å². The van der Waals surface area contributed by atoms with Gasteiger partial charge in [-0.05, 0) is 63.3 Å². The van der Waals surface area contributed by atoms with Crippen LogP contribution in [0.1, 0.15) is 23.2 Å². The topological polar surface area (TPSA) is 28.5 Å². The SMILES string of the molecule is CN(C)[C@@H]1CCCN(C(=O)c2ccc(-n3cccc3)cc2)C1. The molecular weight excluding hydrogens is 274 g/mol. The maximum absolute atomic E-state index is 12.7. The highest BCUT2D eigenvalue weighted by molar-refractivity contribution is 5.94. The Labute approximate surface area is 132 Å². The predicted molar refractivity (Wildman–Crippen MR) is 88.4 cm³/mol. The monoisotopic (exact) mass is 297 g/mol. The largest absolute Gasteiger partial charge is 0.337 e. The molecule has 2 aromatic rings. The van der Waals surface area contributed by atoms with Crippen LogP contribution in [0.5, 0.6) is 0 Å². The number of carbonyl (C=O) groups is 1. The van der Waals surface area contributed by atoms with E-state index in [1.165, 1.54) is 6.42 Å². The average Bonchev–Trinajstić information content (AvgIpc) is 3.09. The summed E-state index contributed by atoms with van der Waals surface area (Å²) in [5.41, 5.74) is 1.85. The highest BCUT2D eigenvalue weighted by Gasteiger charge is 2.25. The Morgan fingerprint density at radius 1 is 1.14 bits per heavy atom. The summed E-state index contributed by atoms with van der Waals surface area (Å²) in [4.78, 5) is 16.9. The molecule has 0 radical (unpaired) electrons. The molecule has 1 aliphatic heterocycles. The fourth-order valence-corrected chi connectivity index (χ4v) is 3.03. The number of carbonyl (C=O) groups excluding carboxylic acids is 1. The second kappa shape index (κ2) is 6.36. The molecule has 4 nitrogen and oxygen atoms in total. The minimum absolute atomic E-state index is 0.144. The lowest BCUT2D eigenvalue weighted by atomic mass is 10.0. The second-order valence-electron chi connectivity index (χ2n) is 6.15. The number of aromatic nitrogens is 1. The van der Waals surface area contributed by atoms with Crippen LogP contribution in [0.15, 0.2) is 48.8 Å². The van der Waals surface area contributed by atoms with Crippen LogP contribution in [0, 0.1) is 0 Å². The lowest BCUT2D eigenvalue weighted by Gasteiger charge is -2.36. The summed E-state index contributed by atoms with van der Waals surface area (Å²) in [7, 11) is 4.18. The molecule has 0 bridgehead atoms. The van der Waals surface area contributed by atoms with Crippen molar-refractivity contribution in [2.75, 3.05) is 27.2 Å². The van der Waals surface area contributed by atoms with Crippen LogP contribution >= 0.6 is 0 Å². The van der Waals surface area contributed by atoms with Crippen LogP contribution in [0.2, 0.25) is 0 Å². The van der Waals surface area contributed by atoms with Crippen LogP contribution in [-0.2, 0) is 0 Å². The molecule has 22 heavy (non-hydrogen) atoms. The van der Waals surface area contributed by atoms with E-state index in [4.69, 9.17) is 0 Å². The van der Waals surface area contributed by atoms with E-state index in [-0.39, 0.29) is 5.91 Å². The average molecular weight is 297 g/mol. The Morgan fingerprint density at radius 2 is 1.82 bits per heavy atom.